The lowest BCUT2D eigenvalue weighted by atomic mass is 9.85. The van der Waals surface area contributed by atoms with Gasteiger partial charge in [0, 0.05) is 6.61 Å². The molecular formula is C16H25NO2. The van der Waals surface area contributed by atoms with Gasteiger partial charge in [-0.1, -0.05) is 13.0 Å². The van der Waals surface area contributed by atoms with Gasteiger partial charge >= 0.3 is 0 Å². The van der Waals surface area contributed by atoms with Gasteiger partial charge in [-0.2, -0.15) is 0 Å². The number of benzene rings is 1. The van der Waals surface area contributed by atoms with Gasteiger partial charge in [-0.05, 0) is 56.0 Å². The molecule has 106 valence electrons. The molecule has 1 aromatic carbocycles. The molecule has 0 fully saturated rings. The van der Waals surface area contributed by atoms with Gasteiger partial charge in [0.25, 0.3) is 0 Å². The Morgan fingerprint density at radius 3 is 2.84 bits per heavy atom. The smallest absolute Gasteiger partial charge is 0.119 e. The quantitative estimate of drug-likeness (QED) is 0.855. The lowest BCUT2D eigenvalue weighted by Gasteiger charge is -2.34. The Morgan fingerprint density at radius 2 is 2.16 bits per heavy atom. The number of ether oxygens (including phenoxy) is 2. The molecule has 2 unspecified atom stereocenters. The third kappa shape index (κ3) is 3.28. The zero-order valence-electron chi connectivity index (χ0n) is 12.2. The highest BCUT2D eigenvalue weighted by Gasteiger charge is 2.29. The van der Waals surface area contributed by atoms with E-state index in [1.54, 1.807) is 7.11 Å². The number of aryl methyl sites for hydroxylation is 1. The number of nitrogens with one attached hydrogen (secondary N) is 1. The Bertz CT molecular complexity index is 406. The molecule has 19 heavy (non-hydrogen) atoms. The van der Waals surface area contributed by atoms with E-state index in [0.29, 0.717) is 6.04 Å². The third-order valence-electron chi connectivity index (χ3n) is 3.75. The Hall–Kier alpha value is -1.06. The van der Waals surface area contributed by atoms with Crippen LogP contribution in [0.4, 0.5) is 0 Å². The van der Waals surface area contributed by atoms with E-state index in [4.69, 9.17) is 9.47 Å². The van der Waals surface area contributed by atoms with E-state index >= 15 is 0 Å². The van der Waals surface area contributed by atoms with Crippen molar-refractivity contribution < 1.29 is 9.47 Å². The van der Waals surface area contributed by atoms with Crippen molar-refractivity contribution in [3.63, 3.8) is 0 Å². The number of hydrogen-bond donors (Lipinski definition) is 1. The number of hydrogen-bond acceptors (Lipinski definition) is 3. The molecule has 1 aliphatic carbocycles. The first-order valence-electron chi connectivity index (χ1n) is 7.32. The van der Waals surface area contributed by atoms with E-state index in [9.17, 15) is 0 Å². The van der Waals surface area contributed by atoms with Crippen molar-refractivity contribution in [2.75, 3.05) is 20.3 Å². The van der Waals surface area contributed by atoms with Gasteiger partial charge < -0.3 is 14.8 Å². The zero-order chi connectivity index (χ0) is 13.7. The molecule has 3 nitrogen and oxygen atoms in total. The first-order chi connectivity index (χ1) is 9.30. The average molecular weight is 263 g/mol. The summed E-state index contributed by atoms with van der Waals surface area (Å²) in [6.07, 6.45) is 3.59. The van der Waals surface area contributed by atoms with Gasteiger partial charge in [0.1, 0.15) is 5.75 Å². The fraction of sp³-hybridized carbons (Fsp3) is 0.625. The predicted octanol–water partition coefficient (Wildman–Crippen LogP) is 3.09. The van der Waals surface area contributed by atoms with E-state index in [-0.39, 0.29) is 6.10 Å². The fourth-order valence-corrected chi connectivity index (χ4v) is 2.82. The maximum absolute atomic E-state index is 5.92. The normalized spacial score (nSPS) is 22.1. The molecule has 1 aromatic rings. The molecule has 0 amide bonds. The molecule has 0 saturated carbocycles. The summed E-state index contributed by atoms with van der Waals surface area (Å²) < 4.78 is 11.3. The van der Waals surface area contributed by atoms with Gasteiger partial charge in [-0.25, -0.2) is 0 Å². The van der Waals surface area contributed by atoms with Crippen LogP contribution in [0.15, 0.2) is 18.2 Å². The molecule has 2 atom stereocenters. The third-order valence-corrected chi connectivity index (χ3v) is 3.75. The van der Waals surface area contributed by atoms with Crippen LogP contribution >= 0.6 is 0 Å². The van der Waals surface area contributed by atoms with Crippen LogP contribution in [0.5, 0.6) is 5.75 Å². The van der Waals surface area contributed by atoms with Crippen molar-refractivity contribution in [2.24, 2.45) is 0 Å². The van der Waals surface area contributed by atoms with Crippen LogP contribution in [0, 0.1) is 0 Å². The highest BCUT2D eigenvalue weighted by molar-refractivity contribution is 5.40. The van der Waals surface area contributed by atoms with E-state index in [1.165, 1.54) is 11.1 Å². The van der Waals surface area contributed by atoms with Crippen LogP contribution in [-0.4, -0.2) is 26.4 Å². The molecule has 0 spiro atoms. The van der Waals surface area contributed by atoms with Crippen molar-refractivity contribution >= 4 is 0 Å². The molecule has 0 bridgehead atoms. The number of fused-ring (bicyclic) bond motifs is 1. The van der Waals surface area contributed by atoms with Gasteiger partial charge in [-0.15, -0.1) is 0 Å². The Labute approximate surface area is 116 Å². The number of methoxy groups -OCH3 is 1. The first kappa shape index (κ1) is 14.4. The van der Waals surface area contributed by atoms with Crippen molar-refractivity contribution in [3.8, 4) is 5.75 Å². The SMILES string of the molecule is CCCNC1c2cc(OC)ccc2CCC1OCC. The van der Waals surface area contributed by atoms with Crippen LogP contribution in [0.2, 0.25) is 0 Å². The van der Waals surface area contributed by atoms with Crippen molar-refractivity contribution in [1.82, 2.24) is 5.32 Å². The summed E-state index contributed by atoms with van der Waals surface area (Å²) >= 11 is 0. The standard InChI is InChI=1S/C16H25NO2/c1-4-10-17-16-14-11-13(18-3)8-6-12(14)7-9-15(16)19-5-2/h6,8,11,15-17H,4-5,7,9-10H2,1-3H3. The highest BCUT2D eigenvalue weighted by atomic mass is 16.5. The minimum Gasteiger partial charge on any atom is -0.497 e. The van der Waals surface area contributed by atoms with Gasteiger partial charge in [-0.3, -0.25) is 0 Å². The van der Waals surface area contributed by atoms with Crippen molar-refractivity contribution in [2.45, 2.75) is 45.3 Å². The predicted molar refractivity (Wildman–Crippen MR) is 77.8 cm³/mol. The topological polar surface area (TPSA) is 30.5 Å². The molecule has 0 radical (unpaired) electrons. The lowest BCUT2D eigenvalue weighted by Crippen LogP contribution is -2.38. The second kappa shape index (κ2) is 6.92. The van der Waals surface area contributed by atoms with Crippen LogP contribution in [0.3, 0.4) is 0 Å². The second-order valence-electron chi connectivity index (χ2n) is 5.03. The largest absolute Gasteiger partial charge is 0.497 e. The molecule has 0 heterocycles. The van der Waals surface area contributed by atoms with Crippen LogP contribution in [-0.2, 0) is 11.2 Å². The van der Waals surface area contributed by atoms with Crippen LogP contribution < -0.4 is 10.1 Å². The van der Waals surface area contributed by atoms with Gasteiger partial charge in [0.2, 0.25) is 0 Å². The van der Waals surface area contributed by atoms with E-state index in [1.807, 2.05) is 0 Å². The summed E-state index contributed by atoms with van der Waals surface area (Å²) in [5.41, 5.74) is 2.77. The summed E-state index contributed by atoms with van der Waals surface area (Å²) in [7, 11) is 1.72. The Kier molecular flexibility index (Phi) is 5.23. The maximum atomic E-state index is 5.92. The Balaban J connectivity index is 2.27. The molecule has 1 N–H and O–H groups in total. The molecule has 3 heteroatoms. The fourth-order valence-electron chi connectivity index (χ4n) is 2.82. The molecule has 0 aromatic heterocycles. The molecule has 0 aliphatic heterocycles. The first-order valence-corrected chi connectivity index (χ1v) is 7.32. The minimum atomic E-state index is 0.274. The molecular weight excluding hydrogens is 238 g/mol. The average Bonchev–Trinajstić information content (AvgIpc) is 2.45. The highest BCUT2D eigenvalue weighted by Crippen LogP contribution is 2.34. The van der Waals surface area contributed by atoms with Gasteiger partial charge in [0.15, 0.2) is 0 Å². The summed E-state index contributed by atoms with van der Waals surface area (Å²) in [4.78, 5) is 0. The zero-order valence-corrected chi connectivity index (χ0v) is 12.2. The maximum Gasteiger partial charge on any atom is 0.119 e. The molecule has 0 saturated heterocycles. The second-order valence-corrected chi connectivity index (χ2v) is 5.03. The summed E-state index contributed by atoms with van der Waals surface area (Å²) in [5.74, 6) is 0.930. The van der Waals surface area contributed by atoms with E-state index < -0.39 is 0 Å². The molecule has 1 aliphatic rings. The van der Waals surface area contributed by atoms with E-state index in [0.717, 1.165) is 38.2 Å². The summed E-state index contributed by atoms with van der Waals surface area (Å²) in [6, 6.07) is 6.69. The van der Waals surface area contributed by atoms with Crippen LogP contribution in [0.1, 0.15) is 43.9 Å². The van der Waals surface area contributed by atoms with Gasteiger partial charge in [0.05, 0.1) is 19.3 Å². The number of rotatable bonds is 6. The van der Waals surface area contributed by atoms with Crippen molar-refractivity contribution in [1.29, 1.82) is 0 Å². The monoisotopic (exact) mass is 263 g/mol. The summed E-state index contributed by atoms with van der Waals surface area (Å²) in [5, 5.41) is 3.63. The van der Waals surface area contributed by atoms with E-state index in [2.05, 4.69) is 37.4 Å². The van der Waals surface area contributed by atoms with Crippen LogP contribution in [0.25, 0.3) is 0 Å². The Morgan fingerprint density at radius 1 is 1.32 bits per heavy atom. The van der Waals surface area contributed by atoms with Crippen molar-refractivity contribution in [3.05, 3.63) is 29.3 Å². The summed E-state index contributed by atoms with van der Waals surface area (Å²) in [6.45, 7) is 6.05. The lowest BCUT2D eigenvalue weighted by molar-refractivity contribution is 0.0233. The molecule has 2 rings (SSSR count). The minimum absolute atomic E-state index is 0.274.